The molecule has 3 nitrogen and oxygen atoms in total. The van der Waals surface area contributed by atoms with Crippen molar-refractivity contribution in [1.29, 1.82) is 0 Å². The predicted octanol–water partition coefficient (Wildman–Crippen LogP) is 3.49. The van der Waals surface area contributed by atoms with Crippen LogP contribution in [0.25, 0.3) is 0 Å². The summed E-state index contributed by atoms with van der Waals surface area (Å²) in [6.45, 7) is 9.20. The normalized spacial score (nSPS) is 21.6. The zero-order chi connectivity index (χ0) is 13.3. The van der Waals surface area contributed by atoms with Crippen LogP contribution >= 0.6 is 0 Å². The van der Waals surface area contributed by atoms with Crippen molar-refractivity contribution in [2.45, 2.75) is 39.7 Å². The average molecular weight is 259 g/mol. The number of nitrogens with zero attached hydrogens (tertiary/aromatic N) is 1. The van der Waals surface area contributed by atoms with Crippen LogP contribution in [0.1, 0.15) is 38.7 Å². The molecule has 3 rings (SSSR count). The second-order valence-corrected chi connectivity index (χ2v) is 6.35. The topological polar surface area (TPSA) is 27.3 Å². The predicted molar refractivity (Wildman–Crippen MR) is 81.5 cm³/mol. The van der Waals surface area contributed by atoms with Crippen LogP contribution in [0.2, 0.25) is 0 Å². The molecule has 0 spiro atoms. The highest BCUT2D eigenvalue weighted by atomic mass is 15.1. The maximum atomic E-state index is 3.37. The van der Waals surface area contributed by atoms with Gasteiger partial charge in [-0.05, 0) is 49.0 Å². The molecule has 0 atom stereocenters. The molecule has 0 bridgehead atoms. The Labute approximate surface area is 116 Å². The van der Waals surface area contributed by atoms with E-state index in [1.54, 1.807) is 0 Å². The van der Waals surface area contributed by atoms with E-state index < -0.39 is 0 Å². The lowest BCUT2D eigenvalue weighted by Gasteiger charge is -2.39. The van der Waals surface area contributed by atoms with Gasteiger partial charge < -0.3 is 10.6 Å². The Balaban J connectivity index is 1.61. The van der Waals surface area contributed by atoms with Gasteiger partial charge in [-0.2, -0.15) is 0 Å². The Morgan fingerprint density at radius 2 is 1.89 bits per heavy atom. The van der Waals surface area contributed by atoms with Gasteiger partial charge in [-0.1, -0.05) is 26.3 Å². The molecule has 0 radical (unpaired) electrons. The van der Waals surface area contributed by atoms with Gasteiger partial charge in [-0.3, -0.25) is 4.90 Å². The number of hydrogen-bond donors (Lipinski definition) is 2. The lowest BCUT2D eigenvalue weighted by Crippen LogP contribution is -2.37. The SMILES string of the molecule is CCC1(C)CCN(Cc2ccc3c(c2)NCN3)CC1. The molecule has 3 heteroatoms. The summed E-state index contributed by atoms with van der Waals surface area (Å²) in [5.74, 6) is 0. The second kappa shape index (κ2) is 5.04. The smallest absolute Gasteiger partial charge is 0.0850 e. The number of benzene rings is 1. The van der Waals surface area contributed by atoms with Crippen LogP contribution in [0, 0.1) is 5.41 Å². The highest BCUT2D eigenvalue weighted by Crippen LogP contribution is 2.34. The van der Waals surface area contributed by atoms with Crippen LogP contribution in [0.15, 0.2) is 18.2 Å². The van der Waals surface area contributed by atoms with Gasteiger partial charge in [0.15, 0.2) is 0 Å². The summed E-state index contributed by atoms with van der Waals surface area (Å²) < 4.78 is 0. The van der Waals surface area contributed by atoms with E-state index in [-0.39, 0.29) is 0 Å². The van der Waals surface area contributed by atoms with Crippen LogP contribution in [-0.4, -0.2) is 24.7 Å². The first kappa shape index (κ1) is 12.8. The first-order valence-corrected chi connectivity index (χ1v) is 7.52. The largest absolute Gasteiger partial charge is 0.366 e. The highest BCUT2D eigenvalue weighted by Gasteiger charge is 2.28. The molecule has 1 saturated heterocycles. The van der Waals surface area contributed by atoms with Gasteiger partial charge >= 0.3 is 0 Å². The number of nitrogens with one attached hydrogen (secondary N) is 2. The molecular weight excluding hydrogens is 234 g/mol. The molecule has 2 heterocycles. The molecule has 0 amide bonds. The summed E-state index contributed by atoms with van der Waals surface area (Å²) in [5.41, 5.74) is 4.50. The van der Waals surface area contributed by atoms with E-state index in [2.05, 4.69) is 47.6 Å². The average Bonchev–Trinajstić information content (AvgIpc) is 2.89. The van der Waals surface area contributed by atoms with Crippen LogP contribution in [0.5, 0.6) is 0 Å². The monoisotopic (exact) mass is 259 g/mol. The maximum absolute atomic E-state index is 3.37. The van der Waals surface area contributed by atoms with Crippen molar-refractivity contribution >= 4 is 11.4 Å². The number of fused-ring (bicyclic) bond motifs is 1. The third-order valence-electron chi connectivity index (χ3n) is 4.96. The Morgan fingerprint density at radius 1 is 1.16 bits per heavy atom. The molecule has 1 fully saturated rings. The van der Waals surface area contributed by atoms with Crippen molar-refractivity contribution in [3.8, 4) is 0 Å². The zero-order valence-electron chi connectivity index (χ0n) is 12.1. The van der Waals surface area contributed by atoms with Crippen LogP contribution < -0.4 is 10.6 Å². The number of rotatable bonds is 3. The molecule has 1 aromatic rings. The van der Waals surface area contributed by atoms with Gasteiger partial charge in [0.05, 0.1) is 18.0 Å². The third-order valence-corrected chi connectivity index (χ3v) is 4.96. The molecular formula is C16H25N3. The minimum atomic E-state index is 0.583. The molecule has 2 N–H and O–H groups in total. The standard InChI is InChI=1S/C16H25N3/c1-3-16(2)6-8-19(9-7-16)11-13-4-5-14-15(10-13)18-12-17-14/h4-5,10,17-18H,3,6-9,11-12H2,1-2H3. The van der Waals surface area contributed by atoms with Crippen molar-refractivity contribution in [2.75, 3.05) is 30.4 Å². The maximum Gasteiger partial charge on any atom is 0.0850 e. The fraction of sp³-hybridized carbons (Fsp3) is 0.625. The molecule has 2 aliphatic heterocycles. The fourth-order valence-corrected chi connectivity index (χ4v) is 3.09. The van der Waals surface area contributed by atoms with E-state index in [0.717, 1.165) is 13.2 Å². The first-order chi connectivity index (χ1) is 9.18. The van der Waals surface area contributed by atoms with Crippen molar-refractivity contribution in [3.63, 3.8) is 0 Å². The van der Waals surface area contributed by atoms with Crippen LogP contribution in [-0.2, 0) is 6.54 Å². The molecule has 19 heavy (non-hydrogen) atoms. The first-order valence-electron chi connectivity index (χ1n) is 7.52. The summed E-state index contributed by atoms with van der Waals surface area (Å²) >= 11 is 0. The Kier molecular flexibility index (Phi) is 3.40. The van der Waals surface area contributed by atoms with Crippen molar-refractivity contribution in [1.82, 2.24) is 4.90 Å². The third kappa shape index (κ3) is 2.71. The summed E-state index contributed by atoms with van der Waals surface area (Å²) in [6, 6.07) is 6.75. The molecule has 0 saturated carbocycles. The Morgan fingerprint density at radius 3 is 2.63 bits per heavy atom. The zero-order valence-corrected chi connectivity index (χ0v) is 12.1. The van der Waals surface area contributed by atoms with E-state index in [1.165, 1.54) is 49.3 Å². The molecule has 0 aromatic heterocycles. The fourth-order valence-electron chi connectivity index (χ4n) is 3.09. The number of hydrogen-bond acceptors (Lipinski definition) is 3. The molecule has 2 aliphatic rings. The van der Waals surface area contributed by atoms with Crippen molar-refractivity contribution in [2.24, 2.45) is 5.41 Å². The molecule has 1 aromatic carbocycles. The van der Waals surface area contributed by atoms with Crippen LogP contribution in [0.3, 0.4) is 0 Å². The van der Waals surface area contributed by atoms with E-state index in [0.29, 0.717) is 5.41 Å². The van der Waals surface area contributed by atoms with Crippen molar-refractivity contribution in [3.05, 3.63) is 23.8 Å². The lowest BCUT2D eigenvalue weighted by molar-refractivity contribution is 0.109. The number of likely N-dealkylation sites (tertiary alicyclic amines) is 1. The van der Waals surface area contributed by atoms with Gasteiger partial charge in [0.2, 0.25) is 0 Å². The van der Waals surface area contributed by atoms with Gasteiger partial charge in [0.1, 0.15) is 0 Å². The van der Waals surface area contributed by atoms with E-state index >= 15 is 0 Å². The van der Waals surface area contributed by atoms with Gasteiger partial charge in [0, 0.05) is 6.54 Å². The minimum absolute atomic E-state index is 0.583. The summed E-state index contributed by atoms with van der Waals surface area (Å²) in [6.07, 6.45) is 4.00. The van der Waals surface area contributed by atoms with E-state index in [9.17, 15) is 0 Å². The van der Waals surface area contributed by atoms with Crippen molar-refractivity contribution < 1.29 is 0 Å². The Hall–Kier alpha value is -1.22. The number of anilines is 2. The molecule has 104 valence electrons. The lowest BCUT2D eigenvalue weighted by atomic mass is 9.78. The van der Waals surface area contributed by atoms with E-state index in [4.69, 9.17) is 0 Å². The van der Waals surface area contributed by atoms with E-state index in [1.807, 2.05) is 0 Å². The summed E-state index contributed by atoms with van der Waals surface area (Å²) in [4.78, 5) is 2.60. The van der Waals surface area contributed by atoms with Gasteiger partial charge in [0.25, 0.3) is 0 Å². The van der Waals surface area contributed by atoms with Gasteiger partial charge in [-0.25, -0.2) is 0 Å². The van der Waals surface area contributed by atoms with Crippen LogP contribution in [0.4, 0.5) is 11.4 Å². The summed E-state index contributed by atoms with van der Waals surface area (Å²) in [7, 11) is 0. The highest BCUT2D eigenvalue weighted by molar-refractivity contribution is 5.73. The molecule has 0 aliphatic carbocycles. The van der Waals surface area contributed by atoms with Gasteiger partial charge in [-0.15, -0.1) is 0 Å². The molecule has 0 unspecified atom stereocenters. The second-order valence-electron chi connectivity index (χ2n) is 6.35. The number of piperidine rings is 1. The quantitative estimate of drug-likeness (QED) is 0.870. The Bertz CT molecular complexity index is 447. The minimum Gasteiger partial charge on any atom is -0.366 e. The summed E-state index contributed by atoms with van der Waals surface area (Å²) in [5, 5.41) is 6.69.